The average Bonchev–Trinajstić information content (AvgIpc) is 2.98. The molecule has 2 atom stereocenters. The fourth-order valence-electron chi connectivity index (χ4n) is 3.37. The van der Waals surface area contributed by atoms with Gasteiger partial charge in [-0.3, -0.25) is 14.5 Å². The number of halogens is 3. The van der Waals surface area contributed by atoms with E-state index in [1.54, 1.807) is 48.2 Å². The largest absolute Gasteiger partial charge is 0.343 e. The Morgan fingerprint density at radius 1 is 1.18 bits per heavy atom. The molecule has 1 saturated heterocycles. The van der Waals surface area contributed by atoms with Crippen LogP contribution in [-0.4, -0.2) is 43.4 Å². The molecule has 148 valence electrons. The third kappa shape index (κ3) is 3.99. The molecule has 1 heterocycles. The van der Waals surface area contributed by atoms with E-state index < -0.39 is 23.8 Å². The number of benzene rings is 2. The van der Waals surface area contributed by atoms with Crippen molar-refractivity contribution < 1.29 is 14.0 Å². The lowest BCUT2D eigenvalue weighted by molar-refractivity contribution is -0.129. The van der Waals surface area contributed by atoms with Crippen molar-refractivity contribution in [1.82, 2.24) is 10.2 Å². The summed E-state index contributed by atoms with van der Waals surface area (Å²) in [5, 5.41) is 3.36. The molecular weight excluding hydrogens is 404 g/mol. The molecule has 2 amide bonds. The topological polar surface area (TPSA) is 52.7 Å². The molecule has 0 bridgehead atoms. The maximum absolute atomic E-state index is 14.4. The lowest BCUT2D eigenvalue weighted by atomic mass is 10.0. The quantitative estimate of drug-likeness (QED) is 0.798. The molecule has 0 aliphatic carbocycles. The second-order valence-electron chi connectivity index (χ2n) is 6.79. The third-order valence-corrected chi connectivity index (χ3v) is 5.35. The molecule has 0 spiro atoms. The highest BCUT2D eigenvalue weighted by atomic mass is 35.5. The number of hydrogen-bond donors (Lipinski definition) is 1. The van der Waals surface area contributed by atoms with Gasteiger partial charge in [0.05, 0.1) is 10.7 Å². The van der Waals surface area contributed by atoms with Crippen LogP contribution in [0.25, 0.3) is 0 Å². The molecule has 0 saturated carbocycles. The van der Waals surface area contributed by atoms with Gasteiger partial charge in [0.15, 0.2) is 0 Å². The number of likely N-dealkylation sites (N-methyl/N-ethyl adjacent to an activating group) is 1. The highest BCUT2D eigenvalue weighted by molar-refractivity contribution is 6.34. The lowest BCUT2D eigenvalue weighted by Gasteiger charge is -2.26. The Hall–Kier alpha value is -2.15. The van der Waals surface area contributed by atoms with Crippen molar-refractivity contribution in [3.8, 4) is 0 Å². The molecule has 2 aromatic carbocycles. The van der Waals surface area contributed by atoms with Crippen molar-refractivity contribution >= 4 is 40.7 Å². The van der Waals surface area contributed by atoms with Gasteiger partial charge in [-0.15, -0.1) is 0 Å². The van der Waals surface area contributed by atoms with E-state index in [4.69, 9.17) is 23.2 Å². The molecule has 0 aromatic heterocycles. The van der Waals surface area contributed by atoms with E-state index >= 15 is 0 Å². The number of rotatable bonds is 5. The summed E-state index contributed by atoms with van der Waals surface area (Å²) >= 11 is 12.3. The zero-order valence-corrected chi connectivity index (χ0v) is 17.0. The Labute approximate surface area is 173 Å². The summed E-state index contributed by atoms with van der Waals surface area (Å²) in [7, 11) is 3.30. The summed E-state index contributed by atoms with van der Waals surface area (Å²) in [6, 6.07) is 9.63. The predicted molar refractivity (Wildman–Crippen MR) is 108 cm³/mol. The van der Waals surface area contributed by atoms with Crippen LogP contribution in [0.4, 0.5) is 10.1 Å². The molecule has 2 aromatic rings. The van der Waals surface area contributed by atoms with E-state index in [0.29, 0.717) is 23.7 Å². The molecule has 5 nitrogen and oxygen atoms in total. The van der Waals surface area contributed by atoms with Crippen LogP contribution in [0.5, 0.6) is 0 Å². The number of para-hydroxylation sites is 1. The maximum Gasteiger partial charge on any atom is 0.249 e. The van der Waals surface area contributed by atoms with Gasteiger partial charge in [0.25, 0.3) is 0 Å². The van der Waals surface area contributed by atoms with Gasteiger partial charge in [-0.1, -0.05) is 41.4 Å². The number of amides is 2. The van der Waals surface area contributed by atoms with Crippen LogP contribution in [0.3, 0.4) is 0 Å². The van der Waals surface area contributed by atoms with Gasteiger partial charge in [0.1, 0.15) is 17.9 Å². The summed E-state index contributed by atoms with van der Waals surface area (Å²) in [5.41, 5.74) is 0.687. The van der Waals surface area contributed by atoms with Crippen molar-refractivity contribution in [2.45, 2.75) is 18.5 Å². The molecule has 2 unspecified atom stereocenters. The molecule has 1 N–H and O–H groups in total. The second-order valence-corrected chi connectivity index (χ2v) is 7.61. The number of carbonyl (C=O) groups is 2. The van der Waals surface area contributed by atoms with Crippen molar-refractivity contribution in [2.75, 3.05) is 25.5 Å². The Morgan fingerprint density at radius 2 is 1.86 bits per heavy atom. The van der Waals surface area contributed by atoms with E-state index in [1.165, 1.54) is 18.2 Å². The fraction of sp³-hybridized carbons (Fsp3) is 0.300. The van der Waals surface area contributed by atoms with E-state index in [9.17, 15) is 14.0 Å². The smallest absolute Gasteiger partial charge is 0.249 e. The van der Waals surface area contributed by atoms with Crippen molar-refractivity contribution in [3.05, 3.63) is 63.9 Å². The summed E-state index contributed by atoms with van der Waals surface area (Å²) in [6.45, 7) is 0.431. The van der Waals surface area contributed by atoms with Crippen molar-refractivity contribution in [2.24, 2.45) is 0 Å². The van der Waals surface area contributed by atoms with Crippen LogP contribution < -0.4 is 10.2 Å². The first-order valence-electron chi connectivity index (χ1n) is 8.78. The summed E-state index contributed by atoms with van der Waals surface area (Å²) in [5.74, 6) is -1.31. The summed E-state index contributed by atoms with van der Waals surface area (Å²) < 4.78 is 14.4. The average molecular weight is 424 g/mol. The molecule has 0 radical (unpaired) electrons. The Kier molecular flexibility index (Phi) is 6.23. The van der Waals surface area contributed by atoms with Gasteiger partial charge >= 0.3 is 0 Å². The fourth-order valence-corrected chi connectivity index (χ4v) is 3.87. The normalized spacial score (nSPS) is 17.9. The van der Waals surface area contributed by atoms with Crippen molar-refractivity contribution in [1.29, 1.82) is 0 Å². The zero-order valence-electron chi connectivity index (χ0n) is 15.5. The first kappa shape index (κ1) is 20.6. The first-order chi connectivity index (χ1) is 13.3. The van der Waals surface area contributed by atoms with E-state index in [-0.39, 0.29) is 16.5 Å². The van der Waals surface area contributed by atoms with E-state index in [2.05, 4.69) is 5.32 Å². The van der Waals surface area contributed by atoms with E-state index in [1.807, 2.05) is 0 Å². The van der Waals surface area contributed by atoms with Gasteiger partial charge in [-0.05, 0) is 44.8 Å². The van der Waals surface area contributed by atoms with Crippen LogP contribution in [0.2, 0.25) is 10.0 Å². The molecule has 3 rings (SSSR count). The van der Waals surface area contributed by atoms with Crippen LogP contribution >= 0.6 is 23.2 Å². The standard InChI is InChI=1S/C20H20Cl2FN3O2/c1-25(2)18(17-13(22)7-5-8-14(17)23)19(27)24-15-10-11-26(20(15)28)16-9-4-3-6-12(16)21/h3-9,15,18H,10-11H2,1-2H3,(H,24,27). The Morgan fingerprint density at radius 3 is 2.50 bits per heavy atom. The summed E-state index contributed by atoms with van der Waals surface area (Å²) in [4.78, 5) is 28.8. The molecule has 28 heavy (non-hydrogen) atoms. The second kappa shape index (κ2) is 8.47. The molecule has 1 fully saturated rings. The van der Waals surface area contributed by atoms with Gasteiger partial charge in [0, 0.05) is 17.1 Å². The molecule has 1 aliphatic heterocycles. The number of carbonyl (C=O) groups excluding carboxylic acids is 2. The SMILES string of the molecule is CN(C)C(C(=O)NC1CCN(c2ccccc2Cl)C1=O)c1c(F)cccc1Cl. The maximum atomic E-state index is 14.4. The van der Waals surface area contributed by atoms with E-state index in [0.717, 1.165) is 0 Å². The highest BCUT2D eigenvalue weighted by Gasteiger charge is 2.37. The number of hydrogen-bond acceptors (Lipinski definition) is 3. The highest BCUT2D eigenvalue weighted by Crippen LogP contribution is 2.31. The molecule has 1 aliphatic rings. The molecule has 8 heteroatoms. The zero-order chi connectivity index (χ0) is 20.4. The van der Waals surface area contributed by atoms with Gasteiger partial charge in [0.2, 0.25) is 11.8 Å². The summed E-state index contributed by atoms with van der Waals surface area (Å²) in [6.07, 6.45) is 0.431. The minimum atomic E-state index is -0.962. The van der Waals surface area contributed by atoms with Gasteiger partial charge < -0.3 is 10.2 Å². The van der Waals surface area contributed by atoms with Crippen molar-refractivity contribution in [3.63, 3.8) is 0 Å². The number of anilines is 1. The Bertz CT molecular complexity index is 887. The first-order valence-corrected chi connectivity index (χ1v) is 9.53. The number of nitrogens with zero attached hydrogens (tertiary/aromatic N) is 2. The minimum absolute atomic E-state index is 0.0834. The van der Waals surface area contributed by atoms with Crippen LogP contribution in [0.1, 0.15) is 18.0 Å². The number of nitrogens with one attached hydrogen (secondary N) is 1. The monoisotopic (exact) mass is 423 g/mol. The van der Waals surface area contributed by atoms with Crippen LogP contribution in [0.15, 0.2) is 42.5 Å². The van der Waals surface area contributed by atoms with Gasteiger partial charge in [-0.2, -0.15) is 0 Å². The van der Waals surface area contributed by atoms with Crippen LogP contribution in [-0.2, 0) is 9.59 Å². The molecular formula is C20H20Cl2FN3O2. The lowest BCUT2D eigenvalue weighted by Crippen LogP contribution is -2.46. The third-order valence-electron chi connectivity index (χ3n) is 4.70. The van der Waals surface area contributed by atoms with Gasteiger partial charge in [-0.25, -0.2) is 4.39 Å². The minimum Gasteiger partial charge on any atom is -0.343 e. The van der Waals surface area contributed by atoms with Crippen LogP contribution in [0, 0.1) is 5.82 Å². The predicted octanol–water partition coefficient (Wildman–Crippen LogP) is 3.66. The Balaban J connectivity index is 1.80.